The molecule has 0 aliphatic heterocycles. The van der Waals surface area contributed by atoms with Crippen LogP contribution in [-0.4, -0.2) is 10.8 Å². The highest BCUT2D eigenvalue weighted by molar-refractivity contribution is 6.17. The highest BCUT2D eigenvalue weighted by Gasteiger charge is 2.19. The molecule has 10 rings (SSSR count). The van der Waals surface area contributed by atoms with Gasteiger partial charge in [0.25, 0.3) is 0 Å². The molecule has 1 aromatic heterocycles. The summed E-state index contributed by atoms with van der Waals surface area (Å²) in [4.78, 5) is 2.32. The first-order valence-electron chi connectivity index (χ1n) is 20.9. The molecule has 0 spiro atoms. The number of hydrogen-bond donors (Lipinski definition) is 2. The first-order valence-corrected chi connectivity index (χ1v) is 20.9. The Labute approximate surface area is 358 Å². The van der Waals surface area contributed by atoms with Crippen LogP contribution >= 0.6 is 0 Å². The summed E-state index contributed by atoms with van der Waals surface area (Å²) in [7, 11) is 0. The summed E-state index contributed by atoms with van der Waals surface area (Å²) in [6.45, 7) is 4.00. The average molecular weight is 787 g/mol. The van der Waals surface area contributed by atoms with Crippen LogP contribution in [0.5, 0.6) is 0 Å². The molecule has 0 amide bonds. The predicted octanol–water partition coefficient (Wildman–Crippen LogP) is 16.0. The Kier molecular flexibility index (Phi) is 11.1. The lowest BCUT2D eigenvalue weighted by molar-refractivity contribution is 1.18. The molecule has 0 saturated heterocycles. The number of fused-ring (bicyclic) bond motifs is 3. The molecular weight excluding hydrogens is 741 g/mol. The molecule has 9 aromatic carbocycles. The van der Waals surface area contributed by atoms with Gasteiger partial charge in [-0.15, -0.1) is 0 Å². The van der Waals surface area contributed by atoms with Gasteiger partial charge in [0.2, 0.25) is 0 Å². The molecule has 0 unspecified atom stereocenters. The molecule has 0 aliphatic carbocycles. The Hall–Kier alpha value is -7.95. The summed E-state index contributed by atoms with van der Waals surface area (Å²) in [6, 6.07) is 79.2. The van der Waals surface area contributed by atoms with E-state index in [-0.39, 0.29) is 0 Å². The van der Waals surface area contributed by atoms with Crippen molar-refractivity contribution in [1.29, 1.82) is 5.41 Å². The smallest absolute Gasteiger partial charge is 0.0649 e. The van der Waals surface area contributed by atoms with Crippen molar-refractivity contribution in [3.05, 3.63) is 230 Å². The van der Waals surface area contributed by atoms with Gasteiger partial charge < -0.3 is 20.2 Å². The largest absolute Gasteiger partial charge is 0.355 e. The molecule has 0 bridgehead atoms. The summed E-state index contributed by atoms with van der Waals surface area (Å²) < 4.78 is 2.29. The quantitative estimate of drug-likeness (QED) is 0.136. The third-order valence-corrected chi connectivity index (χ3v) is 11.1. The van der Waals surface area contributed by atoms with Crippen molar-refractivity contribution in [3.63, 3.8) is 0 Å². The lowest BCUT2D eigenvalue weighted by atomic mass is 10.0. The van der Waals surface area contributed by atoms with E-state index in [1.54, 1.807) is 0 Å². The number of para-hydroxylation sites is 2. The topological polar surface area (TPSA) is 44.1 Å². The van der Waals surface area contributed by atoms with Crippen LogP contribution in [0.15, 0.2) is 224 Å². The molecule has 0 radical (unpaired) electrons. The molecule has 0 saturated carbocycles. The molecule has 1 heterocycles. The number of hydrogen-bond acceptors (Lipinski definition) is 3. The number of anilines is 5. The summed E-state index contributed by atoms with van der Waals surface area (Å²) in [5.74, 6) is 0. The van der Waals surface area contributed by atoms with Gasteiger partial charge >= 0.3 is 0 Å². The lowest BCUT2D eigenvalue weighted by Gasteiger charge is -2.26. The molecule has 61 heavy (non-hydrogen) atoms. The van der Waals surface area contributed by atoms with Crippen molar-refractivity contribution in [1.82, 2.24) is 4.57 Å². The third kappa shape index (κ3) is 7.71. The van der Waals surface area contributed by atoms with E-state index in [9.17, 15) is 0 Å². The fourth-order valence-electron chi connectivity index (χ4n) is 8.21. The SMILES string of the molecule is CC.N=Cc1c(Nc2ccccc2)ccc2c3cc(-c4ccc(N(c5ccc(-c6ccccc6)cc5)c5ccc(-c6ccccc6)cc5)cc4)ccc3n(-c3ccccc3)c12. The average Bonchev–Trinajstić information content (AvgIpc) is 3.68. The van der Waals surface area contributed by atoms with E-state index in [0.717, 1.165) is 72.6 Å². The minimum atomic E-state index is 0.839. The molecule has 2 N–H and O–H groups in total. The highest BCUT2D eigenvalue weighted by Crippen LogP contribution is 2.41. The van der Waals surface area contributed by atoms with Crippen molar-refractivity contribution < 1.29 is 0 Å². The second kappa shape index (κ2) is 17.5. The zero-order valence-electron chi connectivity index (χ0n) is 34.3. The van der Waals surface area contributed by atoms with Gasteiger partial charge in [0.1, 0.15) is 0 Å². The zero-order valence-corrected chi connectivity index (χ0v) is 34.3. The Morgan fingerprint density at radius 3 is 1.34 bits per heavy atom. The minimum Gasteiger partial charge on any atom is -0.355 e. The summed E-state index contributed by atoms with van der Waals surface area (Å²) in [5.41, 5.74) is 16.1. The normalized spacial score (nSPS) is 10.9. The Morgan fingerprint density at radius 2 is 0.852 bits per heavy atom. The van der Waals surface area contributed by atoms with Gasteiger partial charge in [-0.1, -0.05) is 159 Å². The van der Waals surface area contributed by atoms with Crippen molar-refractivity contribution in [3.8, 4) is 39.1 Å². The maximum Gasteiger partial charge on any atom is 0.0649 e. The number of nitrogens with one attached hydrogen (secondary N) is 2. The first kappa shape index (κ1) is 38.6. The van der Waals surface area contributed by atoms with Crippen LogP contribution in [-0.2, 0) is 0 Å². The molecular formula is C57H46N4. The van der Waals surface area contributed by atoms with Crippen molar-refractivity contribution in [2.75, 3.05) is 10.2 Å². The van der Waals surface area contributed by atoms with E-state index >= 15 is 0 Å². The molecule has 294 valence electrons. The van der Waals surface area contributed by atoms with E-state index in [4.69, 9.17) is 5.41 Å². The molecule has 0 aliphatic rings. The molecule has 4 heteroatoms. The van der Waals surface area contributed by atoms with Crippen LogP contribution in [0, 0.1) is 5.41 Å². The van der Waals surface area contributed by atoms with Crippen LogP contribution in [0.4, 0.5) is 28.4 Å². The van der Waals surface area contributed by atoms with Crippen molar-refractivity contribution in [2.24, 2.45) is 0 Å². The van der Waals surface area contributed by atoms with Crippen LogP contribution in [0.2, 0.25) is 0 Å². The fourth-order valence-corrected chi connectivity index (χ4v) is 8.21. The molecule has 0 fully saturated rings. The van der Waals surface area contributed by atoms with Crippen molar-refractivity contribution in [2.45, 2.75) is 13.8 Å². The van der Waals surface area contributed by atoms with E-state index in [1.807, 2.05) is 50.2 Å². The standard InChI is InChI=1S/C55H40N4.C2H6/c56-38-52-53(57-45-17-9-3-10-18-45)35-34-50-51-37-44(27-36-54(51)59(55(50)52)46-19-11-4-12-20-46)43-25-32-49(33-26-43)58(47-28-21-41(22-29-47)39-13-5-1-6-14-39)48-30-23-42(24-31-48)40-15-7-2-8-16-40;1-2/h1-38,56-57H;1-2H3. The monoisotopic (exact) mass is 786 g/mol. The van der Waals surface area contributed by atoms with Gasteiger partial charge in [-0.2, -0.15) is 0 Å². The number of nitrogens with zero attached hydrogens (tertiary/aromatic N) is 2. The van der Waals surface area contributed by atoms with Crippen LogP contribution in [0.25, 0.3) is 60.9 Å². The van der Waals surface area contributed by atoms with Gasteiger partial charge in [-0.25, -0.2) is 0 Å². The van der Waals surface area contributed by atoms with Gasteiger partial charge in [0, 0.05) is 56.7 Å². The Balaban J connectivity index is 0.00000235. The summed E-state index contributed by atoms with van der Waals surface area (Å²) in [6.07, 6.45) is 1.47. The van der Waals surface area contributed by atoms with Gasteiger partial charge in [0.15, 0.2) is 0 Å². The van der Waals surface area contributed by atoms with Gasteiger partial charge in [0.05, 0.1) is 11.0 Å². The van der Waals surface area contributed by atoms with Gasteiger partial charge in [-0.3, -0.25) is 0 Å². The van der Waals surface area contributed by atoms with Crippen LogP contribution in [0.1, 0.15) is 19.4 Å². The van der Waals surface area contributed by atoms with Crippen LogP contribution in [0.3, 0.4) is 0 Å². The predicted molar refractivity (Wildman–Crippen MR) is 261 cm³/mol. The first-order chi connectivity index (χ1) is 30.2. The maximum absolute atomic E-state index is 8.64. The summed E-state index contributed by atoms with van der Waals surface area (Å²) in [5, 5.41) is 14.4. The van der Waals surface area contributed by atoms with Gasteiger partial charge in [-0.05, 0) is 112 Å². The van der Waals surface area contributed by atoms with E-state index in [2.05, 4.69) is 203 Å². The minimum absolute atomic E-state index is 0.839. The summed E-state index contributed by atoms with van der Waals surface area (Å²) >= 11 is 0. The molecule has 10 aromatic rings. The fraction of sp³-hybridized carbons (Fsp3) is 0.0351. The molecule has 4 nitrogen and oxygen atoms in total. The second-order valence-corrected chi connectivity index (χ2v) is 14.7. The van der Waals surface area contributed by atoms with E-state index < -0.39 is 0 Å². The van der Waals surface area contributed by atoms with Crippen molar-refractivity contribution >= 4 is 56.5 Å². The number of rotatable bonds is 10. The highest BCUT2D eigenvalue weighted by atomic mass is 15.1. The maximum atomic E-state index is 8.64. The second-order valence-electron chi connectivity index (χ2n) is 14.7. The van der Waals surface area contributed by atoms with E-state index in [1.165, 1.54) is 28.5 Å². The number of aromatic nitrogens is 1. The Bertz CT molecular complexity index is 2950. The van der Waals surface area contributed by atoms with E-state index in [0.29, 0.717) is 0 Å². The zero-order chi connectivity index (χ0) is 41.5. The lowest BCUT2D eigenvalue weighted by Crippen LogP contribution is -2.09. The Morgan fingerprint density at radius 1 is 0.426 bits per heavy atom. The molecule has 0 atom stereocenters. The van der Waals surface area contributed by atoms with Crippen LogP contribution < -0.4 is 10.2 Å². The number of benzene rings is 9. The third-order valence-electron chi connectivity index (χ3n) is 11.1.